The first-order chi connectivity index (χ1) is 7.09. The number of morpholine rings is 1. The van der Waals surface area contributed by atoms with E-state index in [1.807, 2.05) is 7.05 Å². The highest BCUT2D eigenvalue weighted by atomic mass is 19.3. The van der Waals surface area contributed by atoms with E-state index >= 15 is 0 Å². The van der Waals surface area contributed by atoms with Gasteiger partial charge in [-0.3, -0.25) is 0 Å². The number of halogens is 2. The first-order valence-corrected chi connectivity index (χ1v) is 5.06. The molecule has 6 heteroatoms. The highest BCUT2D eigenvalue weighted by molar-refractivity contribution is 4.72. The van der Waals surface area contributed by atoms with Gasteiger partial charge in [0.05, 0.1) is 12.7 Å². The van der Waals surface area contributed by atoms with E-state index in [-0.39, 0.29) is 12.6 Å². The normalized spacial score (nSPS) is 25.8. The summed E-state index contributed by atoms with van der Waals surface area (Å²) in [5.74, 6) is 0. The second kappa shape index (κ2) is 6.32. The number of aliphatic hydroxyl groups excluding tert-OH is 1. The van der Waals surface area contributed by atoms with E-state index < -0.39 is 12.5 Å². The Morgan fingerprint density at radius 2 is 2.33 bits per heavy atom. The van der Waals surface area contributed by atoms with Gasteiger partial charge >= 0.3 is 0 Å². The van der Waals surface area contributed by atoms with Crippen molar-refractivity contribution in [3.63, 3.8) is 0 Å². The Balaban J connectivity index is 2.09. The first kappa shape index (κ1) is 12.8. The van der Waals surface area contributed by atoms with Gasteiger partial charge in [-0.15, -0.1) is 0 Å². The largest absolute Gasteiger partial charge is 0.386 e. The van der Waals surface area contributed by atoms with Gasteiger partial charge < -0.3 is 20.1 Å². The molecule has 0 aromatic heterocycles. The van der Waals surface area contributed by atoms with Crippen LogP contribution in [0.25, 0.3) is 0 Å². The van der Waals surface area contributed by atoms with Gasteiger partial charge in [-0.1, -0.05) is 0 Å². The molecule has 2 N–H and O–H groups in total. The maximum atomic E-state index is 11.9. The van der Waals surface area contributed by atoms with Crippen molar-refractivity contribution in [2.24, 2.45) is 0 Å². The van der Waals surface area contributed by atoms with Crippen LogP contribution in [0.4, 0.5) is 8.78 Å². The standard InChI is InChI=1S/C9H18F2N2O2/c1-13-2-3-15-7(6-13)4-12-5-8(14)9(10)11/h7-9,12,14H,2-6H2,1H3. The van der Waals surface area contributed by atoms with E-state index in [1.165, 1.54) is 0 Å². The molecule has 2 atom stereocenters. The van der Waals surface area contributed by atoms with Crippen LogP contribution in [0.1, 0.15) is 0 Å². The molecule has 1 aliphatic rings. The molecule has 0 bridgehead atoms. The van der Waals surface area contributed by atoms with E-state index in [0.717, 1.165) is 13.1 Å². The van der Waals surface area contributed by atoms with Crippen molar-refractivity contribution in [3.8, 4) is 0 Å². The Labute approximate surface area is 88.2 Å². The van der Waals surface area contributed by atoms with E-state index in [9.17, 15) is 8.78 Å². The van der Waals surface area contributed by atoms with Crippen LogP contribution in [-0.4, -0.2) is 68.5 Å². The minimum absolute atomic E-state index is 0.0219. The van der Waals surface area contributed by atoms with Crippen LogP contribution in [0.3, 0.4) is 0 Å². The molecule has 0 radical (unpaired) electrons. The zero-order chi connectivity index (χ0) is 11.3. The summed E-state index contributed by atoms with van der Waals surface area (Å²) in [6.45, 7) is 2.75. The lowest BCUT2D eigenvalue weighted by Crippen LogP contribution is -2.46. The third-order valence-corrected chi connectivity index (χ3v) is 2.36. The first-order valence-electron chi connectivity index (χ1n) is 5.06. The summed E-state index contributed by atoms with van der Waals surface area (Å²) in [5.41, 5.74) is 0. The van der Waals surface area contributed by atoms with Gasteiger partial charge in [0.1, 0.15) is 6.10 Å². The fourth-order valence-corrected chi connectivity index (χ4v) is 1.47. The maximum Gasteiger partial charge on any atom is 0.265 e. The average Bonchev–Trinajstić information content (AvgIpc) is 2.17. The van der Waals surface area contributed by atoms with Crippen LogP contribution in [0.5, 0.6) is 0 Å². The minimum atomic E-state index is -2.69. The third kappa shape index (κ3) is 4.83. The number of likely N-dealkylation sites (N-methyl/N-ethyl adjacent to an activating group) is 1. The lowest BCUT2D eigenvalue weighted by molar-refractivity contribution is -0.0266. The second-order valence-corrected chi connectivity index (χ2v) is 3.82. The van der Waals surface area contributed by atoms with Crippen molar-refractivity contribution in [1.82, 2.24) is 10.2 Å². The molecule has 0 aromatic rings. The molecule has 1 saturated heterocycles. The lowest BCUT2D eigenvalue weighted by Gasteiger charge is -2.30. The molecular weight excluding hydrogens is 206 g/mol. The Hall–Kier alpha value is -0.300. The fourth-order valence-electron chi connectivity index (χ4n) is 1.47. The van der Waals surface area contributed by atoms with E-state index in [1.54, 1.807) is 0 Å². The van der Waals surface area contributed by atoms with Crippen LogP contribution in [-0.2, 0) is 4.74 Å². The number of alkyl halides is 2. The summed E-state index contributed by atoms with van der Waals surface area (Å²) in [5, 5.41) is 11.6. The zero-order valence-electron chi connectivity index (χ0n) is 8.83. The molecule has 90 valence electrons. The molecule has 2 unspecified atom stereocenters. The molecule has 0 spiro atoms. The van der Waals surface area contributed by atoms with Gasteiger partial charge in [-0.05, 0) is 7.05 Å². The van der Waals surface area contributed by atoms with Gasteiger partial charge in [0.25, 0.3) is 6.43 Å². The summed E-state index contributed by atoms with van der Waals surface area (Å²) in [4.78, 5) is 2.12. The summed E-state index contributed by atoms with van der Waals surface area (Å²) in [6, 6.07) is 0. The monoisotopic (exact) mass is 224 g/mol. The Morgan fingerprint density at radius 3 is 2.93 bits per heavy atom. The van der Waals surface area contributed by atoms with E-state index in [4.69, 9.17) is 9.84 Å². The van der Waals surface area contributed by atoms with Crippen molar-refractivity contribution in [2.45, 2.75) is 18.6 Å². The van der Waals surface area contributed by atoms with Crippen LogP contribution in [0, 0.1) is 0 Å². The van der Waals surface area contributed by atoms with Crippen molar-refractivity contribution in [2.75, 3.05) is 39.8 Å². The molecule has 1 aliphatic heterocycles. The SMILES string of the molecule is CN1CCOC(CNCC(O)C(F)F)C1. The van der Waals surface area contributed by atoms with Crippen LogP contribution in [0.2, 0.25) is 0 Å². The minimum Gasteiger partial charge on any atom is -0.386 e. The predicted octanol–water partition coefficient (Wildman–Crippen LogP) is -0.467. The highest BCUT2D eigenvalue weighted by Crippen LogP contribution is 2.02. The summed E-state index contributed by atoms with van der Waals surface area (Å²) in [6.07, 6.45) is -4.26. The van der Waals surface area contributed by atoms with E-state index in [2.05, 4.69) is 10.2 Å². The van der Waals surface area contributed by atoms with Crippen molar-refractivity contribution in [3.05, 3.63) is 0 Å². The topological polar surface area (TPSA) is 44.7 Å². The third-order valence-electron chi connectivity index (χ3n) is 2.36. The molecule has 0 saturated carbocycles. The van der Waals surface area contributed by atoms with Crippen molar-refractivity contribution >= 4 is 0 Å². The number of hydrogen-bond acceptors (Lipinski definition) is 4. The van der Waals surface area contributed by atoms with Gasteiger partial charge in [0.2, 0.25) is 0 Å². The Bertz CT molecular complexity index is 183. The summed E-state index contributed by atoms with van der Waals surface area (Å²) >= 11 is 0. The molecule has 0 aliphatic carbocycles. The number of ether oxygens (including phenoxy) is 1. The van der Waals surface area contributed by atoms with Gasteiger partial charge in [0.15, 0.2) is 0 Å². The molecule has 0 aromatic carbocycles. The molecule has 1 rings (SSSR count). The average molecular weight is 224 g/mol. The van der Waals surface area contributed by atoms with E-state index in [0.29, 0.717) is 13.2 Å². The van der Waals surface area contributed by atoms with Gasteiger partial charge in [-0.2, -0.15) is 0 Å². The summed E-state index contributed by atoms with van der Waals surface area (Å²) < 4.78 is 29.3. The van der Waals surface area contributed by atoms with Crippen molar-refractivity contribution < 1.29 is 18.6 Å². The van der Waals surface area contributed by atoms with Crippen LogP contribution < -0.4 is 5.32 Å². The highest BCUT2D eigenvalue weighted by Gasteiger charge is 2.19. The molecule has 1 heterocycles. The predicted molar refractivity (Wildman–Crippen MR) is 52.1 cm³/mol. The van der Waals surface area contributed by atoms with Crippen LogP contribution in [0.15, 0.2) is 0 Å². The molecule has 0 amide bonds. The second-order valence-electron chi connectivity index (χ2n) is 3.82. The molecule has 15 heavy (non-hydrogen) atoms. The number of nitrogens with one attached hydrogen (secondary N) is 1. The lowest BCUT2D eigenvalue weighted by atomic mass is 10.2. The smallest absolute Gasteiger partial charge is 0.265 e. The number of aliphatic hydroxyl groups is 1. The van der Waals surface area contributed by atoms with Crippen molar-refractivity contribution in [1.29, 1.82) is 0 Å². The summed E-state index contributed by atoms with van der Waals surface area (Å²) in [7, 11) is 1.99. The maximum absolute atomic E-state index is 11.9. The van der Waals surface area contributed by atoms with Gasteiger partial charge in [0, 0.05) is 26.2 Å². The number of rotatable bonds is 5. The quantitative estimate of drug-likeness (QED) is 0.663. The molecular formula is C9H18F2N2O2. The molecule has 1 fully saturated rings. The number of hydrogen-bond donors (Lipinski definition) is 2. The Morgan fingerprint density at radius 1 is 1.60 bits per heavy atom. The zero-order valence-corrected chi connectivity index (χ0v) is 8.83. The van der Waals surface area contributed by atoms with Crippen LogP contribution >= 0.6 is 0 Å². The Kier molecular flexibility index (Phi) is 5.38. The fraction of sp³-hybridized carbons (Fsp3) is 1.00. The molecule has 4 nitrogen and oxygen atoms in total. The number of nitrogens with zero attached hydrogens (tertiary/aromatic N) is 1. The van der Waals surface area contributed by atoms with Gasteiger partial charge in [-0.25, -0.2) is 8.78 Å².